The second-order valence-electron chi connectivity index (χ2n) is 5.01. The lowest BCUT2D eigenvalue weighted by Crippen LogP contribution is -2.42. The van der Waals surface area contributed by atoms with Crippen LogP contribution in [0.15, 0.2) is 0 Å². The van der Waals surface area contributed by atoms with Gasteiger partial charge in [-0.15, -0.1) is 0 Å². The third-order valence-electron chi connectivity index (χ3n) is 3.65. The Labute approximate surface area is 90.4 Å². The molecule has 1 unspecified atom stereocenters. The summed E-state index contributed by atoms with van der Waals surface area (Å²) in [7, 11) is 0. The Balaban J connectivity index is 1.92. The second kappa shape index (κ2) is 4.10. The zero-order valence-electron chi connectivity index (χ0n) is 9.11. The molecule has 0 spiro atoms. The number of hydrogen-bond acceptors (Lipinski definition) is 3. The molecule has 2 aliphatic rings. The number of amides is 1. The van der Waals surface area contributed by atoms with E-state index >= 15 is 0 Å². The maximum atomic E-state index is 11.6. The van der Waals surface area contributed by atoms with Gasteiger partial charge in [0.1, 0.15) is 0 Å². The molecule has 2 rings (SSSR count). The van der Waals surface area contributed by atoms with E-state index in [4.69, 9.17) is 5.73 Å². The van der Waals surface area contributed by atoms with Gasteiger partial charge in [0.15, 0.2) is 0 Å². The maximum absolute atomic E-state index is 11.6. The van der Waals surface area contributed by atoms with E-state index in [1.807, 2.05) is 0 Å². The highest BCUT2D eigenvalue weighted by Crippen LogP contribution is 2.31. The van der Waals surface area contributed by atoms with Crippen LogP contribution in [0.5, 0.6) is 0 Å². The fraction of sp³-hybridized carbons (Fsp3) is 0.909. The van der Waals surface area contributed by atoms with E-state index in [1.165, 1.54) is 0 Å². The average Bonchev–Trinajstić information content (AvgIpc) is 2.75. The van der Waals surface area contributed by atoms with Gasteiger partial charge >= 0.3 is 0 Å². The molecule has 1 aliphatic heterocycles. The SMILES string of the molecule is NCC1CC(=O)N(CC2(O)CCCC2)C1. The third kappa shape index (κ3) is 2.32. The monoisotopic (exact) mass is 212 g/mol. The smallest absolute Gasteiger partial charge is 0.223 e. The first-order valence-corrected chi connectivity index (χ1v) is 5.83. The normalized spacial score (nSPS) is 30.1. The van der Waals surface area contributed by atoms with E-state index in [0.717, 1.165) is 32.2 Å². The molecule has 0 radical (unpaired) electrons. The lowest BCUT2D eigenvalue weighted by Gasteiger charge is -2.28. The van der Waals surface area contributed by atoms with Crippen molar-refractivity contribution in [2.24, 2.45) is 11.7 Å². The lowest BCUT2D eigenvalue weighted by atomic mass is 10.0. The number of nitrogens with zero attached hydrogens (tertiary/aromatic N) is 1. The van der Waals surface area contributed by atoms with Gasteiger partial charge in [-0.25, -0.2) is 0 Å². The van der Waals surface area contributed by atoms with Gasteiger partial charge in [-0.1, -0.05) is 12.8 Å². The lowest BCUT2D eigenvalue weighted by molar-refractivity contribution is -0.130. The van der Waals surface area contributed by atoms with Crippen molar-refractivity contribution in [2.45, 2.75) is 37.7 Å². The number of hydrogen-bond donors (Lipinski definition) is 2. The molecule has 2 fully saturated rings. The number of aliphatic hydroxyl groups is 1. The van der Waals surface area contributed by atoms with Crippen LogP contribution in [0.2, 0.25) is 0 Å². The molecule has 1 saturated heterocycles. The molecule has 1 atom stereocenters. The van der Waals surface area contributed by atoms with Gasteiger partial charge in [0.05, 0.1) is 5.60 Å². The largest absolute Gasteiger partial charge is 0.388 e. The van der Waals surface area contributed by atoms with Crippen LogP contribution in [-0.2, 0) is 4.79 Å². The highest BCUT2D eigenvalue weighted by Gasteiger charge is 2.37. The molecule has 15 heavy (non-hydrogen) atoms. The van der Waals surface area contributed by atoms with Crippen molar-refractivity contribution in [1.29, 1.82) is 0 Å². The summed E-state index contributed by atoms with van der Waals surface area (Å²) in [6.07, 6.45) is 4.40. The Bertz CT molecular complexity index is 249. The van der Waals surface area contributed by atoms with E-state index < -0.39 is 5.60 Å². The molecule has 1 heterocycles. The Hall–Kier alpha value is -0.610. The van der Waals surface area contributed by atoms with Crippen LogP contribution in [0.1, 0.15) is 32.1 Å². The molecular weight excluding hydrogens is 192 g/mol. The van der Waals surface area contributed by atoms with Crippen LogP contribution < -0.4 is 5.73 Å². The summed E-state index contributed by atoms with van der Waals surface area (Å²) in [4.78, 5) is 13.4. The van der Waals surface area contributed by atoms with Crippen molar-refractivity contribution in [2.75, 3.05) is 19.6 Å². The quantitative estimate of drug-likeness (QED) is 0.697. The third-order valence-corrected chi connectivity index (χ3v) is 3.65. The zero-order chi connectivity index (χ0) is 10.9. The number of carbonyl (C=O) groups is 1. The van der Waals surface area contributed by atoms with Gasteiger partial charge in [-0.3, -0.25) is 4.79 Å². The van der Waals surface area contributed by atoms with E-state index in [1.54, 1.807) is 4.90 Å². The van der Waals surface area contributed by atoms with E-state index in [9.17, 15) is 9.90 Å². The highest BCUT2D eigenvalue weighted by atomic mass is 16.3. The molecule has 0 bridgehead atoms. The molecule has 0 aromatic carbocycles. The van der Waals surface area contributed by atoms with Crippen LogP contribution in [0.25, 0.3) is 0 Å². The van der Waals surface area contributed by atoms with Crippen molar-refractivity contribution in [3.05, 3.63) is 0 Å². The Morgan fingerprint density at radius 1 is 1.47 bits per heavy atom. The highest BCUT2D eigenvalue weighted by molar-refractivity contribution is 5.78. The molecule has 1 aliphatic carbocycles. The minimum absolute atomic E-state index is 0.158. The van der Waals surface area contributed by atoms with E-state index in [0.29, 0.717) is 25.4 Å². The summed E-state index contributed by atoms with van der Waals surface area (Å²) in [6, 6.07) is 0. The van der Waals surface area contributed by atoms with Gasteiger partial charge in [0.2, 0.25) is 5.91 Å². The van der Waals surface area contributed by atoms with Crippen molar-refractivity contribution >= 4 is 5.91 Å². The molecule has 4 heteroatoms. The fourth-order valence-electron chi connectivity index (χ4n) is 2.71. The van der Waals surface area contributed by atoms with Crippen LogP contribution in [0, 0.1) is 5.92 Å². The van der Waals surface area contributed by atoms with Gasteiger partial charge < -0.3 is 15.7 Å². The summed E-state index contributed by atoms with van der Waals surface area (Å²) < 4.78 is 0. The summed E-state index contributed by atoms with van der Waals surface area (Å²) in [5.41, 5.74) is 4.95. The first-order valence-electron chi connectivity index (χ1n) is 5.83. The first kappa shape index (κ1) is 10.9. The molecule has 0 aromatic heterocycles. The van der Waals surface area contributed by atoms with Crippen LogP contribution in [-0.4, -0.2) is 41.1 Å². The topological polar surface area (TPSA) is 66.6 Å². The molecule has 3 N–H and O–H groups in total. The predicted octanol–water partition coefficient (Wildman–Crippen LogP) is 0.0987. The maximum Gasteiger partial charge on any atom is 0.223 e. The van der Waals surface area contributed by atoms with Crippen LogP contribution in [0.4, 0.5) is 0 Å². The molecule has 4 nitrogen and oxygen atoms in total. The van der Waals surface area contributed by atoms with Crippen LogP contribution >= 0.6 is 0 Å². The van der Waals surface area contributed by atoms with Crippen molar-refractivity contribution in [3.63, 3.8) is 0 Å². The number of β-amino-alcohol motifs (C(OH)–C–C–N with tert-alkyl or cyclic N) is 1. The summed E-state index contributed by atoms with van der Waals surface area (Å²) in [5.74, 6) is 0.452. The van der Waals surface area contributed by atoms with Crippen LogP contribution in [0.3, 0.4) is 0 Å². The Morgan fingerprint density at radius 3 is 2.67 bits per heavy atom. The number of rotatable bonds is 3. The number of nitrogens with two attached hydrogens (primary N) is 1. The Morgan fingerprint density at radius 2 is 2.13 bits per heavy atom. The second-order valence-corrected chi connectivity index (χ2v) is 5.01. The minimum atomic E-state index is -0.612. The minimum Gasteiger partial charge on any atom is -0.388 e. The average molecular weight is 212 g/mol. The van der Waals surface area contributed by atoms with Gasteiger partial charge in [-0.05, 0) is 25.3 Å². The van der Waals surface area contributed by atoms with Crippen molar-refractivity contribution in [1.82, 2.24) is 4.90 Å². The van der Waals surface area contributed by atoms with Gasteiger partial charge in [-0.2, -0.15) is 0 Å². The van der Waals surface area contributed by atoms with E-state index in [2.05, 4.69) is 0 Å². The predicted molar refractivity (Wildman–Crippen MR) is 57.2 cm³/mol. The number of carbonyl (C=O) groups excluding carboxylic acids is 1. The number of likely N-dealkylation sites (tertiary alicyclic amines) is 1. The van der Waals surface area contributed by atoms with Gasteiger partial charge in [0, 0.05) is 19.5 Å². The Kier molecular flexibility index (Phi) is 2.98. The molecular formula is C11H20N2O2. The van der Waals surface area contributed by atoms with E-state index in [-0.39, 0.29) is 5.91 Å². The summed E-state index contributed by atoms with van der Waals surface area (Å²) >= 11 is 0. The molecule has 1 saturated carbocycles. The molecule has 1 amide bonds. The summed E-state index contributed by atoms with van der Waals surface area (Å²) in [5, 5.41) is 10.2. The van der Waals surface area contributed by atoms with Crippen molar-refractivity contribution < 1.29 is 9.90 Å². The standard InChI is InChI=1S/C11H20N2O2/c12-6-9-5-10(14)13(7-9)8-11(15)3-1-2-4-11/h9,15H,1-8,12H2. The summed E-state index contributed by atoms with van der Waals surface area (Å²) in [6.45, 7) is 1.82. The molecule has 86 valence electrons. The first-order chi connectivity index (χ1) is 7.13. The zero-order valence-corrected chi connectivity index (χ0v) is 9.11. The van der Waals surface area contributed by atoms with Gasteiger partial charge in [0.25, 0.3) is 0 Å². The fourth-order valence-corrected chi connectivity index (χ4v) is 2.71. The molecule has 0 aromatic rings. The van der Waals surface area contributed by atoms with Crippen molar-refractivity contribution in [3.8, 4) is 0 Å².